The third-order valence-electron chi connectivity index (χ3n) is 6.93. The zero-order valence-electron chi connectivity index (χ0n) is 20.7. The fourth-order valence-corrected chi connectivity index (χ4v) is 5.32. The van der Waals surface area contributed by atoms with Crippen LogP contribution < -0.4 is 15.4 Å². The van der Waals surface area contributed by atoms with Crippen LogP contribution in [0.2, 0.25) is 5.02 Å². The maximum atomic E-state index is 12.7. The Hall–Kier alpha value is -3.14. The highest BCUT2D eigenvalue weighted by Crippen LogP contribution is 2.34. The molecule has 1 aliphatic heterocycles. The minimum absolute atomic E-state index is 0.172. The molecule has 5 rings (SSSR count). The lowest BCUT2D eigenvalue weighted by Gasteiger charge is -2.31. The van der Waals surface area contributed by atoms with E-state index in [-0.39, 0.29) is 19.1 Å². The summed E-state index contributed by atoms with van der Waals surface area (Å²) in [5.41, 5.74) is 2.71. The number of pyridine rings is 1. The van der Waals surface area contributed by atoms with Crippen molar-refractivity contribution >= 4 is 23.3 Å². The largest absolute Gasteiger partial charge is 0.484 e. The Bertz CT molecular complexity index is 1200. The highest BCUT2D eigenvalue weighted by Gasteiger charge is 2.23. The van der Waals surface area contributed by atoms with Gasteiger partial charge in [0.1, 0.15) is 18.2 Å². The summed E-state index contributed by atoms with van der Waals surface area (Å²) in [5.74, 6) is 1.75. The first kappa shape index (κ1) is 25.5. The van der Waals surface area contributed by atoms with Crippen LogP contribution >= 0.6 is 11.6 Å². The van der Waals surface area contributed by atoms with E-state index in [1.54, 1.807) is 24.5 Å². The standard InChI is InChI=1S/C27H32ClN5O4/c28-26-23-8-10-33(14-19(23)5-6-24(26)36-16-22-13-29-17-37-22)15-21(34)12-31-27(35)18-7-9-30-25(11-18)32-20-3-1-2-4-20/h5-7,9,11,13,17,20-21,34H,1-4,8,10,12,14-16H2,(H,30,32)(H,31,35)/t21-/m0/s1. The van der Waals surface area contributed by atoms with E-state index in [0.29, 0.717) is 41.2 Å². The first-order chi connectivity index (χ1) is 18.0. The average Bonchev–Trinajstić information content (AvgIpc) is 3.62. The lowest BCUT2D eigenvalue weighted by molar-refractivity contribution is 0.0841. The van der Waals surface area contributed by atoms with Gasteiger partial charge >= 0.3 is 0 Å². The van der Waals surface area contributed by atoms with Crippen LogP contribution in [0.25, 0.3) is 0 Å². The molecule has 0 bridgehead atoms. The Balaban J connectivity index is 1.10. The highest BCUT2D eigenvalue weighted by molar-refractivity contribution is 6.33. The van der Waals surface area contributed by atoms with Crippen LogP contribution in [-0.4, -0.2) is 57.7 Å². The monoisotopic (exact) mass is 525 g/mol. The summed E-state index contributed by atoms with van der Waals surface area (Å²) in [6.07, 6.45) is 9.41. The SMILES string of the molecule is O=C(NC[C@H](O)CN1CCc2c(ccc(OCc3cnco3)c2Cl)C1)c1ccnc(NC2CCCC2)c1. The number of carbonyl (C=O) groups excluding carboxylic acids is 1. The Morgan fingerprint density at radius 2 is 2.16 bits per heavy atom. The lowest BCUT2D eigenvalue weighted by atomic mass is 9.99. The van der Waals surface area contributed by atoms with Gasteiger partial charge in [-0.15, -0.1) is 0 Å². The molecule has 3 heterocycles. The summed E-state index contributed by atoms with van der Waals surface area (Å²) in [6.45, 7) is 2.31. The highest BCUT2D eigenvalue weighted by atomic mass is 35.5. The van der Waals surface area contributed by atoms with E-state index < -0.39 is 6.10 Å². The Labute approximate surface area is 221 Å². The molecule has 0 spiro atoms. The van der Waals surface area contributed by atoms with E-state index in [1.807, 2.05) is 12.1 Å². The number of amides is 1. The molecule has 2 aliphatic rings. The van der Waals surface area contributed by atoms with Gasteiger partial charge in [-0.3, -0.25) is 9.69 Å². The van der Waals surface area contributed by atoms with Crippen molar-refractivity contribution in [2.24, 2.45) is 0 Å². The Kier molecular flexibility index (Phi) is 8.23. The van der Waals surface area contributed by atoms with Crippen molar-refractivity contribution in [2.75, 3.05) is 25.0 Å². The van der Waals surface area contributed by atoms with E-state index in [4.69, 9.17) is 20.8 Å². The molecule has 0 saturated heterocycles. The molecule has 1 saturated carbocycles. The molecular formula is C27H32ClN5O4. The van der Waals surface area contributed by atoms with E-state index in [1.165, 1.54) is 19.2 Å². The second kappa shape index (κ2) is 11.9. The van der Waals surface area contributed by atoms with E-state index in [2.05, 4.69) is 25.5 Å². The molecular weight excluding hydrogens is 494 g/mol. The summed E-state index contributed by atoms with van der Waals surface area (Å²) >= 11 is 6.63. The van der Waals surface area contributed by atoms with Gasteiger partial charge in [0.05, 0.1) is 17.3 Å². The number of aliphatic hydroxyl groups excluding tert-OH is 1. The molecule has 9 nitrogen and oxygen atoms in total. The third-order valence-corrected chi connectivity index (χ3v) is 7.34. The normalized spacial score (nSPS) is 16.8. The molecule has 3 N–H and O–H groups in total. The lowest BCUT2D eigenvalue weighted by Crippen LogP contribution is -2.42. The molecule has 1 fully saturated rings. The molecule has 196 valence electrons. The maximum absolute atomic E-state index is 12.7. The molecule has 1 aliphatic carbocycles. The van der Waals surface area contributed by atoms with Crippen molar-refractivity contribution in [2.45, 2.75) is 57.4 Å². The fraction of sp³-hybridized carbons (Fsp3) is 0.444. The van der Waals surface area contributed by atoms with Gasteiger partial charge in [0.25, 0.3) is 5.91 Å². The van der Waals surface area contributed by atoms with Crippen LogP contribution in [0.3, 0.4) is 0 Å². The van der Waals surface area contributed by atoms with Crippen molar-refractivity contribution < 1.29 is 19.1 Å². The van der Waals surface area contributed by atoms with Crippen molar-refractivity contribution in [1.29, 1.82) is 0 Å². The van der Waals surface area contributed by atoms with Crippen LogP contribution in [0.5, 0.6) is 5.75 Å². The van der Waals surface area contributed by atoms with Gasteiger partial charge < -0.3 is 24.9 Å². The van der Waals surface area contributed by atoms with Gasteiger partial charge in [0.2, 0.25) is 0 Å². The maximum Gasteiger partial charge on any atom is 0.251 e. The molecule has 0 unspecified atom stereocenters. The molecule has 3 aromatic rings. The molecule has 10 heteroatoms. The summed E-state index contributed by atoms with van der Waals surface area (Å²) in [4.78, 5) is 23.1. The number of benzene rings is 1. The first-order valence-electron chi connectivity index (χ1n) is 12.8. The van der Waals surface area contributed by atoms with Gasteiger partial charge in [-0.05, 0) is 48.6 Å². The number of aromatic nitrogens is 2. The first-order valence-corrected chi connectivity index (χ1v) is 13.1. The molecule has 37 heavy (non-hydrogen) atoms. The summed E-state index contributed by atoms with van der Waals surface area (Å²) in [7, 11) is 0. The molecule has 0 radical (unpaired) electrons. The number of rotatable bonds is 10. The average molecular weight is 526 g/mol. The van der Waals surface area contributed by atoms with Crippen LogP contribution in [0.15, 0.2) is 47.5 Å². The zero-order valence-corrected chi connectivity index (χ0v) is 21.4. The van der Waals surface area contributed by atoms with Crippen molar-refractivity contribution in [3.8, 4) is 5.75 Å². The molecule has 1 atom stereocenters. The number of β-amino-alcohol motifs (C(OH)–C–C–N with tert-alkyl or cyclic N) is 1. The number of hydrogen-bond donors (Lipinski definition) is 3. The number of fused-ring (bicyclic) bond motifs is 1. The van der Waals surface area contributed by atoms with Crippen LogP contribution in [-0.2, 0) is 19.6 Å². The number of oxazole rings is 1. The third kappa shape index (κ3) is 6.60. The molecule has 1 aromatic carbocycles. The van der Waals surface area contributed by atoms with Gasteiger partial charge in [-0.2, -0.15) is 0 Å². The second-order valence-corrected chi connectivity index (χ2v) is 10.1. The van der Waals surface area contributed by atoms with Gasteiger partial charge in [-0.25, -0.2) is 9.97 Å². The van der Waals surface area contributed by atoms with E-state index in [9.17, 15) is 9.90 Å². The molecule has 2 aromatic heterocycles. The number of nitrogens with one attached hydrogen (secondary N) is 2. The van der Waals surface area contributed by atoms with Gasteiger partial charge in [-0.1, -0.05) is 30.5 Å². The van der Waals surface area contributed by atoms with Crippen molar-refractivity contribution in [3.05, 3.63) is 70.5 Å². The van der Waals surface area contributed by atoms with Gasteiger partial charge in [0, 0.05) is 44.0 Å². The number of hydrogen-bond acceptors (Lipinski definition) is 8. The van der Waals surface area contributed by atoms with E-state index >= 15 is 0 Å². The topological polar surface area (TPSA) is 113 Å². The minimum Gasteiger partial charge on any atom is -0.484 e. The summed E-state index contributed by atoms with van der Waals surface area (Å²) < 4.78 is 11.0. The summed E-state index contributed by atoms with van der Waals surface area (Å²) in [5, 5.41) is 17.5. The predicted octanol–water partition coefficient (Wildman–Crippen LogP) is 3.81. The minimum atomic E-state index is -0.691. The van der Waals surface area contributed by atoms with Gasteiger partial charge in [0.15, 0.2) is 12.2 Å². The Morgan fingerprint density at radius 1 is 1.30 bits per heavy atom. The van der Waals surface area contributed by atoms with Crippen LogP contribution in [0, 0.1) is 0 Å². The predicted molar refractivity (Wildman–Crippen MR) is 140 cm³/mol. The Morgan fingerprint density at radius 3 is 2.97 bits per heavy atom. The van der Waals surface area contributed by atoms with Crippen molar-refractivity contribution in [3.63, 3.8) is 0 Å². The fourth-order valence-electron chi connectivity index (χ4n) is 4.98. The number of halogens is 1. The number of aliphatic hydroxyl groups is 1. The zero-order chi connectivity index (χ0) is 25.6. The van der Waals surface area contributed by atoms with Crippen LogP contribution in [0.4, 0.5) is 5.82 Å². The number of anilines is 1. The molecule has 1 amide bonds. The number of nitrogens with zero attached hydrogens (tertiary/aromatic N) is 3. The quantitative estimate of drug-likeness (QED) is 0.366. The smallest absolute Gasteiger partial charge is 0.251 e. The second-order valence-electron chi connectivity index (χ2n) is 9.68. The number of carbonyl (C=O) groups is 1. The van der Waals surface area contributed by atoms with E-state index in [0.717, 1.165) is 42.8 Å². The van der Waals surface area contributed by atoms with Crippen LogP contribution in [0.1, 0.15) is 52.9 Å². The van der Waals surface area contributed by atoms with Crippen molar-refractivity contribution in [1.82, 2.24) is 20.2 Å². The summed E-state index contributed by atoms with van der Waals surface area (Å²) in [6, 6.07) is 7.77. The number of ether oxygens (including phenoxy) is 1.